The van der Waals surface area contributed by atoms with Crippen LogP contribution in [0.4, 0.5) is 11.4 Å². The zero-order valence-electron chi connectivity index (χ0n) is 29.8. The van der Waals surface area contributed by atoms with Crippen molar-refractivity contribution in [2.24, 2.45) is 0 Å². The van der Waals surface area contributed by atoms with E-state index < -0.39 is 0 Å². The predicted molar refractivity (Wildman–Crippen MR) is 216 cm³/mol. The first-order chi connectivity index (χ1) is 24.6. The number of benzene rings is 7. The van der Waals surface area contributed by atoms with Crippen molar-refractivity contribution >= 4 is 33.3 Å². The molecule has 0 aliphatic heterocycles. The van der Waals surface area contributed by atoms with Crippen LogP contribution < -0.4 is 5.32 Å². The van der Waals surface area contributed by atoms with Gasteiger partial charge in [-0.05, 0) is 109 Å². The standard InChI is InChI=1S/C49H41NO/c1-48(2,3)37-21-15-33(16-22-37)34-20-26-42-41(27-34)39-25-19-35(28-43(39)49(42,4)5)36-29-44(47-40-13-9-10-14-45(40)51-46(47)30-36)50-38-23-17-32(18-24-38)31-11-7-6-8-12-31/h6-30,50H,1-5H3. The summed E-state index contributed by atoms with van der Waals surface area (Å²) in [6.45, 7) is 11.5. The summed E-state index contributed by atoms with van der Waals surface area (Å²) in [6, 6.07) is 55.1. The summed E-state index contributed by atoms with van der Waals surface area (Å²) >= 11 is 0. The second-order valence-electron chi connectivity index (χ2n) is 15.5. The summed E-state index contributed by atoms with van der Waals surface area (Å²) in [5.74, 6) is 0. The number of anilines is 2. The third kappa shape index (κ3) is 5.34. The van der Waals surface area contributed by atoms with Gasteiger partial charge in [0.1, 0.15) is 11.2 Å². The molecule has 0 atom stereocenters. The van der Waals surface area contributed by atoms with Crippen LogP contribution in [0.1, 0.15) is 51.3 Å². The average Bonchev–Trinajstić information content (AvgIpc) is 3.63. The van der Waals surface area contributed by atoms with E-state index in [0.717, 1.165) is 38.9 Å². The molecule has 0 unspecified atom stereocenters. The molecule has 1 aromatic heterocycles. The topological polar surface area (TPSA) is 25.2 Å². The van der Waals surface area contributed by atoms with E-state index in [2.05, 4.69) is 186 Å². The molecule has 0 bridgehead atoms. The molecule has 0 radical (unpaired) electrons. The lowest BCUT2D eigenvalue weighted by Crippen LogP contribution is -2.15. The summed E-state index contributed by atoms with van der Waals surface area (Å²) in [5.41, 5.74) is 17.8. The molecule has 0 saturated carbocycles. The zero-order valence-corrected chi connectivity index (χ0v) is 29.8. The highest BCUT2D eigenvalue weighted by molar-refractivity contribution is 6.13. The van der Waals surface area contributed by atoms with Crippen molar-refractivity contribution < 1.29 is 4.42 Å². The Bertz CT molecular complexity index is 2580. The van der Waals surface area contributed by atoms with Crippen molar-refractivity contribution in [1.82, 2.24) is 0 Å². The van der Waals surface area contributed by atoms with E-state index in [4.69, 9.17) is 4.42 Å². The first-order valence-corrected chi connectivity index (χ1v) is 17.9. The Balaban J connectivity index is 1.11. The lowest BCUT2D eigenvalue weighted by molar-refractivity contribution is 0.590. The van der Waals surface area contributed by atoms with Crippen LogP contribution in [0.15, 0.2) is 156 Å². The molecule has 0 saturated heterocycles. The fourth-order valence-corrected chi connectivity index (χ4v) is 7.93. The van der Waals surface area contributed by atoms with Crippen LogP contribution in [0.3, 0.4) is 0 Å². The summed E-state index contributed by atoms with van der Waals surface area (Å²) < 4.78 is 6.50. The zero-order chi connectivity index (χ0) is 34.9. The fourth-order valence-electron chi connectivity index (χ4n) is 7.93. The van der Waals surface area contributed by atoms with Gasteiger partial charge in [-0.3, -0.25) is 0 Å². The average molecular weight is 660 g/mol. The van der Waals surface area contributed by atoms with Crippen molar-refractivity contribution in [3.8, 4) is 44.5 Å². The molecule has 0 spiro atoms. The van der Waals surface area contributed by atoms with Gasteiger partial charge in [-0.2, -0.15) is 0 Å². The maximum absolute atomic E-state index is 6.50. The molecular formula is C49H41NO. The van der Waals surface area contributed by atoms with E-state index in [1.54, 1.807) is 0 Å². The highest BCUT2D eigenvalue weighted by Gasteiger charge is 2.36. The summed E-state index contributed by atoms with van der Waals surface area (Å²) in [4.78, 5) is 0. The van der Waals surface area contributed by atoms with Crippen molar-refractivity contribution in [1.29, 1.82) is 0 Å². The van der Waals surface area contributed by atoms with E-state index in [9.17, 15) is 0 Å². The van der Waals surface area contributed by atoms with Crippen LogP contribution in [0, 0.1) is 0 Å². The largest absolute Gasteiger partial charge is 0.456 e. The van der Waals surface area contributed by atoms with Gasteiger partial charge in [-0.1, -0.05) is 144 Å². The maximum atomic E-state index is 6.50. The van der Waals surface area contributed by atoms with Crippen LogP contribution in [-0.2, 0) is 10.8 Å². The summed E-state index contributed by atoms with van der Waals surface area (Å²) in [7, 11) is 0. The normalized spacial score (nSPS) is 13.4. The van der Waals surface area contributed by atoms with Crippen LogP contribution in [-0.4, -0.2) is 0 Å². The molecule has 1 N–H and O–H groups in total. The van der Waals surface area contributed by atoms with Gasteiger partial charge in [0.15, 0.2) is 0 Å². The Morgan fingerprint density at radius 2 is 1.12 bits per heavy atom. The van der Waals surface area contributed by atoms with Gasteiger partial charge >= 0.3 is 0 Å². The van der Waals surface area contributed by atoms with Gasteiger partial charge < -0.3 is 9.73 Å². The first-order valence-electron chi connectivity index (χ1n) is 17.9. The molecule has 9 rings (SSSR count). The van der Waals surface area contributed by atoms with E-state index in [1.165, 1.54) is 55.6 Å². The van der Waals surface area contributed by atoms with E-state index >= 15 is 0 Å². The fraction of sp³-hybridized carbons (Fsp3) is 0.143. The minimum Gasteiger partial charge on any atom is -0.456 e. The SMILES string of the molecule is CC(C)(C)c1ccc(-c2ccc3c(c2)-c2ccc(-c4cc(Nc5ccc(-c6ccccc6)cc5)c5c(c4)oc4ccccc45)cc2C3(C)C)cc1. The van der Waals surface area contributed by atoms with Crippen LogP contribution in [0.2, 0.25) is 0 Å². The number of rotatable bonds is 5. The minimum absolute atomic E-state index is 0.125. The third-order valence-electron chi connectivity index (χ3n) is 10.8. The Labute approximate surface area is 300 Å². The molecule has 0 amide bonds. The van der Waals surface area contributed by atoms with Gasteiger partial charge in [0.2, 0.25) is 0 Å². The molecule has 1 aliphatic rings. The third-order valence-corrected chi connectivity index (χ3v) is 10.8. The van der Waals surface area contributed by atoms with Crippen molar-refractivity contribution in [3.63, 3.8) is 0 Å². The molecule has 0 fully saturated rings. The monoisotopic (exact) mass is 659 g/mol. The van der Waals surface area contributed by atoms with Gasteiger partial charge in [-0.15, -0.1) is 0 Å². The highest BCUT2D eigenvalue weighted by atomic mass is 16.3. The second kappa shape index (κ2) is 11.6. The first kappa shape index (κ1) is 31.1. The minimum atomic E-state index is -0.125. The van der Waals surface area contributed by atoms with Gasteiger partial charge in [0, 0.05) is 16.5 Å². The molecule has 248 valence electrons. The number of nitrogens with one attached hydrogen (secondary N) is 1. The summed E-state index contributed by atoms with van der Waals surface area (Å²) in [5, 5.41) is 5.97. The molecular weight excluding hydrogens is 619 g/mol. The number of fused-ring (bicyclic) bond motifs is 6. The van der Waals surface area contributed by atoms with Crippen LogP contribution in [0.5, 0.6) is 0 Å². The van der Waals surface area contributed by atoms with Gasteiger partial charge in [0.05, 0.1) is 11.1 Å². The number of furan rings is 1. The number of para-hydroxylation sites is 1. The molecule has 2 heteroatoms. The summed E-state index contributed by atoms with van der Waals surface area (Å²) in [6.07, 6.45) is 0. The molecule has 8 aromatic rings. The molecule has 7 aromatic carbocycles. The Kier molecular flexibility index (Phi) is 7.09. The van der Waals surface area contributed by atoms with E-state index in [0.29, 0.717) is 0 Å². The predicted octanol–water partition coefficient (Wildman–Crippen LogP) is 13.9. The molecule has 2 nitrogen and oxygen atoms in total. The van der Waals surface area contributed by atoms with Crippen LogP contribution >= 0.6 is 0 Å². The maximum Gasteiger partial charge on any atom is 0.138 e. The van der Waals surface area contributed by atoms with Gasteiger partial charge in [-0.25, -0.2) is 0 Å². The quantitative estimate of drug-likeness (QED) is 0.199. The smallest absolute Gasteiger partial charge is 0.138 e. The van der Waals surface area contributed by atoms with E-state index in [-0.39, 0.29) is 10.8 Å². The van der Waals surface area contributed by atoms with Gasteiger partial charge in [0.25, 0.3) is 0 Å². The Hall–Kier alpha value is -5.86. The lowest BCUT2D eigenvalue weighted by atomic mass is 9.81. The second-order valence-corrected chi connectivity index (χ2v) is 15.5. The molecule has 51 heavy (non-hydrogen) atoms. The highest BCUT2D eigenvalue weighted by Crippen LogP contribution is 2.51. The van der Waals surface area contributed by atoms with Crippen molar-refractivity contribution in [2.45, 2.75) is 45.4 Å². The van der Waals surface area contributed by atoms with Crippen molar-refractivity contribution in [3.05, 3.63) is 168 Å². The van der Waals surface area contributed by atoms with Crippen molar-refractivity contribution in [2.75, 3.05) is 5.32 Å². The number of hydrogen-bond acceptors (Lipinski definition) is 2. The van der Waals surface area contributed by atoms with Crippen LogP contribution in [0.25, 0.3) is 66.4 Å². The number of hydrogen-bond donors (Lipinski definition) is 1. The molecule has 1 aliphatic carbocycles. The Morgan fingerprint density at radius 1 is 0.490 bits per heavy atom. The lowest BCUT2D eigenvalue weighted by Gasteiger charge is -2.22. The molecule has 1 heterocycles. The van der Waals surface area contributed by atoms with E-state index in [1.807, 2.05) is 6.07 Å². The Morgan fingerprint density at radius 3 is 1.88 bits per heavy atom.